The third kappa shape index (κ3) is 3.08. The molecule has 1 heterocycles. The maximum Gasteiger partial charge on any atom is 0.252 e. The fraction of sp³-hybridized carbons (Fsp3) is 0.636. The molecular weight excluding hydrogens is 190 g/mol. The molecule has 0 aliphatic heterocycles. The monoisotopic (exact) mass is 207 g/mol. The van der Waals surface area contributed by atoms with Crippen molar-refractivity contribution in [1.82, 2.24) is 9.97 Å². The minimum Gasteiger partial charge on any atom is -0.367 e. The zero-order chi connectivity index (χ0) is 10.7. The Balaban J connectivity index is 1.95. The van der Waals surface area contributed by atoms with E-state index in [0.717, 1.165) is 12.3 Å². The SMILES string of the molecule is CCC(CC1CC1)Nc1cc(=O)[nH]cn1. The molecule has 4 heteroatoms. The number of aromatic amines is 1. The Morgan fingerprint density at radius 3 is 3.07 bits per heavy atom. The molecular formula is C11H17N3O. The van der Waals surface area contributed by atoms with Crippen LogP contribution in [0.25, 0.3) is 0 Å². The first-order chi connectivity index (χ1) is 7.28. The van der Waals surface area contributed by atoms with Gasteiger partial charge in [-0.25, -0.2) is 4.98 Å². The number of H-pyrrole nitrogens is 1. The Kier molecular flexibility index (Phi) is 3.04. The van der Waals surface area contributed by atoms with Crippen LogP contribution in [0.1, 0.15) is 32.6 Å². The minimum absolute atomic E-state index is 0.103. The summed E-state index contributed by atoms with van der Waals surface area (Å²) in [5.41, 5.74) is -0.103. The quantitative estimate of drug-likeness (QED) is 0.773. The average Bonchev–Trinajstić information content (AvgIpc) is 3.01. The molecule has 0 aromatic carbocycles. The van der Waals surface area contributed by atoms with E-state index < -0.39 is 0 Å². The van der Waals surface area contributed by atoms with Crippen molar-refractivity contribution in [2.24, 2.45) is 5.92 Å². The van der Waals surface area contributed by atoms with Gasteiger partial charge in [-0.2, -0.15) is 0 Å². The molecule has 1 fully saturated rings. The van der Waals surface area contributed by atoms with Gasteiger partial charge in [-0.15, -0.1) is 0 Å². The van der Waals surface area contributed by atoms with Crippen LogP contribution >= 0.6 is 0 Å². The molecule has 1 saturated carbocycles. The van der Waals surface area contributed by atoms with Gasteiger partial charge in [0.05, 0.1) is 6.33 Å². The lowest BCUT2D eigenvalue weighted by Crippen LogP contribution is -2.21. The van der Waals surface area contributed by atoms with E-state index in [1.807, 2.05) is 0 Å². The van der Waals surface area contributed by atoms with Crippen molar-refractivity contribution in [2.75, 3.05) is 5.32 Å². The van der Waals surface area contributed by atoms with E-state index in [9.17, 15) is 4.79 Å². The van der Waals surface area contributed by atoms with Gasteiger partial charge in [0, 0.05) is 12.1 Å². The van der Waals surface area contributed by atoms with E-state index in [4.69, 9.17) is 0 Å². The Bertz CT molecular complexity index is 370. The first-order valence-electron chi connectivity index (χ1n) is 5.59. The zero-order valence-electron chi connectivity index (χ0n) is 8.99. The lowest BCUT2D eigenvalue weighted by molar-refractivity contribution is 0.585. The molecule has 0 radical (unpaired) electrons. The lowest BCUT2D eigenvalue weighted by atomic mass is 10.1. The van der Waals surface area contributed by atoms with Gasteiger partial charge >= 0.3 is 0 Å². The maximum absolute atomic E-state index is 11.1. The normalized spacial score (nSPS) is 17.4. The van der Waals surface area contributed by atoms with Gasteiger partial charge in [0.15, 0.2) is 0 Å². The number of aromatic nitrogens is 2. The molecule has 1 aromatic rings. The molecule has 0 spiro atoms. The van der Waals surface area contributed by atoms with E-state index in [2.05, 4.69) is 22.2 Å². The molecule has 0 bridgehead atoms. The van der Waals surface area contributed by atoms with Crippen molar-refractivity contribution in [3.05, 3.63) is 22.7 Å². The van der Waals surface area contributed by atoms with E-state index >= 15 is 0 Å². The lowest BCUT2D eigenvalue weighted by Gasteiger charge is -2.16. The third-order valence-electron chi connectivity index (χ3n) is 2.84. The summed E-state index contributed by atoms with van der Waals surface area (Å²) in [5.74, 6) is 1.58. The van der Waals surface area contributed by atoms with Crippen molar-refractivity contribution in [3.63, 3.8) is 0 Å². The summed E-state index contributed by atoms with van der Waals surface area (Å²) in [4.78, 5) is 17.7. The van der Waals surface area contributed by atoms with E-state index in [1.54, 1.807) is 0 Å². The van der Waals surface area contributed by atoms with Crippen LogP contribution in [-0.4, -0.2) is 16.0 Å². The molecule has 1 aliphatic carbocycles. The highest BCUT2D eigenvalue weighted by molar-refractivity contribution is 5.32. The Labute approximate surface area is 89.1 Å². The number of nitrogens with one attached hydrogen (secondary N) is 2. The molecule has 4 nitrogen and oxygen atoms in total. The first kappa shape index (κ1) is 10.2. The average molecular weight is 207 g/mol. The molecule has 1 aromatic heterocycles. The van der Waals surface area contributed by atoms with Crippen LogP contribution in [0, 0.1) is 5.92 Å². The van der Waals surface area contributed by atoms with Gasteiger partial charge in [0.1, 0.15) is 5.82 Å². The van der Waals surface area contributed by atoms with Crippen LogP contribution < -0.4 is 10.9 Å². The van der Waals surface area contributed by atoms with Crippen LogP contribution in [0.5, 0.6) is 0 Å². The number of anilines is 1. The second-order valence-corrected chi connectivity index (χ2v) is 4.22. The van der Waals surface area contributed by atoms with Crippen molar-refractivity contribution >= 4 is 5.82 Å². The Hall–Kier alpha value is -1.32. The molecule has 0 saturated heterocycles. The minimum atomic E-state index is -0.103. The summed E-state index contributed by atoms with van der Waals surface area (Å²) < 4.78 is 0. The summed E-state index contributed by atoms with van der Waals surface area (Å²) in [6.07, 6.45) is 6.44. The van der Waals surface area contributed by atoms with Gasteiger partial charge in [0.2, 0.25) is 0 Å². The van der Waals surface area contributed by atoms with E-state index in [0.29, 0.717) is 11.9 Å². The number of rotatable bonds is 5. The number of hydrogen-bond acceptors (Lipinski definition) is 3. The van der Waals surface area contributed by atoms with Crippen LogP contribution in [0.3, 0.4) is 0 Å². The fourth-order valence-corrected chi connectivity index (χ4v) is 1.74. The van der Waals surface area contributed by atoms with Crippen LogP contribution in [0.4, 0.5) is 5.82 Å². The van der Waals surface area contributed by atoms with Crippen LogP contribution in [0.15, 0.2) is 17.2 Å². The molecule has 82 valence electrons. The summed E-state index contributed by atoms with van der Waals surface area (Å²) in [7, 11) is 0. The smallest absolute Gasteiger partial charge is 0.252 e. The van der Waals surface area contributed by atoms with Crippen molar-refractivity contribution < 1.29 is 0 Å². The van der Waals surface area contributed by atoms with Gasteiger partial charge in [0.25, 0.3) is 5.56 Å². The largest absolute Gasteiger partial charge is 0.367 e. The van der Waals surface area contributed by atoms with E-state index in [-0.39, 0.29) is 5.56 Å². The molecule has 1 unspecified atom stereocenters. The van der Waals surface area contributed by atoms with E-state index in [1.165, 1.54) is 31.7 Å². The summed E-state index contributed by atoms with van der Waals surface area (Å²) >= 11 is 0. The molecule has 15 heavy (non-hydrogen) atoms. The highest BCUT2D eigenvalue weighted by Crippen LogP contribution is 2.34. The van der Waals surface area contributed by atoms with Gasteiger partial charge in [-0.05, 0) is 18.8 Å². The second-order valence-electron chi connectivity index (χ2n) is 4.22. The van der Waals surface area contributed by atoms with Gasteiger partial charge < -0.3 is 10.3 Å². The number of hydrogen-bond donors (Lipinski definition) is 2. The maximum atomic E-state index is 11.1. The summed E-state index contributed by atoms with van der Waals surface area (Å²) in [6.45, 7) is 2.16. The standard InChI is InChI=1S/C11H17N3O/c1-2-9(5-8-3-4-8)14-10-6-11(15)13-7-12-10/h6-9H,2-5H2,1H3,(H2,12,13,14,15). The van der Waals surface area contributed by atoms with Gasteiger partial charge in [-0.1, -0.05) is 19.8 Å². The molecule has 2 rings (SSSR count). The number of nitrogens with zero attached hydrogens (tertiary/aromatic N) is 1. The highest BCUT2D eigenvalue weighted by Gasteiger charge is 2.24. The molecule has 1 aliphatic rings. The molecule has 0 amide bonds. The summed E-state index contributed by atoms with van der Waals surface area (Å²) in [5, 5.41) is 3.31. The third-order valence-corrected chi connectivity index (χ3v) is 2.84. The molecule has 1 atom stereocenters. The van der Waals surface area contributed by atoms with Gasteiger partial charge in [-0.3, -0.25) is 4.79 Å². The molecule has 2 N–H and O–H groups in total. The predicted octanol–water partition coefficient (Wildman–Crippen LogP) is 1.76. The second kappa shape index (κ2) is 4.47. The van der Waals surface area contributed by atoms with Crippen molar-refractivity contribution in [2.45, 2.75) is 38.6 Å². The topological polar surface area (TPSA) is 57.8 Å². The van der Waals surface area contributed by atoms with Crippen molar-refractivity contribution in [3.8, 4) is 0 Å². The fourth-order valence-electron chi connectivity index (χ4n) is 1.74. The Morgan fingerprint density at radius 1 is 1.67 bits per heavy atom. The first-order valence-corrected chi connectivity index (χ1v) is 5.59. The zero-order valence-corrected chi connectivity index (χ0v) is 8.99. The predicted molar refractivity (Wildman–Crippen MR) is 59.9 cm³/mol. The van der Waals surface area contributed by atoms with Crippen molar-refractivity contribution in [1.29, 1.82) is 0 Å². The van der Waals surface area contributed by atoms with Crippen LogP contribution in [0.2, 0.25) is 0 Å². The highest BCUT2D eigenvalue weighted by atomic mass is 16.1. The summed E-state index contributed by atoms with van der Waals surface area (Å²) in [6, 6.07) is 1.96. The van der Waals surface area contributed by atoms with Crippen LogP contribution in [-0.2, 0) is 0 Å². The Morgan fingerprint density at radius 2 is 2.47 bits per heavy atom.